The molecule has 38 heavy (non-hydrogen) atoms. The number of pyridine rings is 1. The lowest BCUT2D eigenvalue weighted by atomic mass is 10.1. The summed E-state index contributed by atoms with van der Waals surface area (Å²) in [5.41, 5.74) is 0.831. The number of carbonyl (C=O) groups is 1. The predicted molar refractivity (Wildman–Crippen MR) is 131 cm³/mol. The zero-order valence-electron chi connectivity index (χ0n) is 19.5. The summed E-state index contributed by atoms with van der Waals surface area (Å²) >= 11 is 0. The number of hydrogen-bond acceptors (Lipinski definition) is 7. The fraction of sp³-hybridized carbons (Fsp3) is 0.0800. The number of nitrogens with one attached hydrogen (secondary N) is 3. The fourth-order valence-electron chi connectivity index (χ4n) is 3.71. The van der Waals surface area contributed by atoms with Gasteiger partial charge in [0.05, 0.1) is 24.7 Å². The van der Waals surface area contributed by atoms with Gasteiger partial charge in [-0.15, -0.1) is 0 Å². The first-order chi connectivity index (χ1) is 18.2. The van der Waals surface area contributed by atoms with Gasteiger partial charge in [-0.3, -0.25) is 4.79 Å². The number of alkyl halides is 3. The zero-order valence-corrected chi connectivity index (χ0v) is 19.5. The smallest absolute Gasteiger partial charge is 0.416 e. The van der Waals surface area contributed by atoms with Crippen LogP contribution < -0.4 is 15.4 Å². The number of carbonyl (C=O) groups excluding carboxylic acids is 1. The summed E-state index contributed by atoms with van der Waals surface area (Å²) in [6, 6.07) is 9.85. The van der Waals surface area contributed by atoms with Crippen LogP contribution in [0.5, 0.6) is 5.75 Å². The largest absolute Gasteiger partial charge is 0.497 e. The van der Waals surface area contributed by atoms with Crippen LogP contribution in [0, 0.1) is 5.82 Å². The summed E-state index contributed by atoms with van der Waals surface area (Å²) in [6.45, 7) is 0. The summed E-state index contributed by atoms with van der Waals surface area (Å²) in [6.07, 6.45) is -0.306. The highest BCUT2D eigenvalue weighted by Gasteiger charge is 2.32. The first-order valence-corrected chi connectivity index (χ1v) is 11.0. The van der Waals surface area contributed by atoms with Crippen molar-refractivity contribution in [1.29, 1.82) is 0 Å². The number of rotatable bonds is 6. The van der Waals surface area contributed by atoms with Crippen LogP contribution >= 0.6 is 0 Å². The van der Waals surface area contributed by atoms with Crippen LogP contribution in [0.2, 0.25) is 0 Å². The number of nitrogens with zero attached hydrogens (tertiary/aromatic N) is 4. The molecular weight excluding hydrogens is 506 g/mol. The van der Waals surface area contributed by atoms with Gasteiger partial charge in [0, 0.05) is 23.0 Å². The minimum Gasteiger partial charge on any atom is -0.497 e. The number of aromatic nitrogens is 5. The zero-order chi connectivity index (χ0) is 26.9. The molecule has 0 aliphatic rings. The lowest BCUT2D eigenvalue weighted by Gasteiger charge is -2.14. The number of H-pyrrole nitrogens is 1. The molecule has 3 aromatic heterocycles. The standard InChI is InChI=1S/C25H17F4N7O2/c1-38-16-8-13(7-14(9-16)25(27,28)29)24(37)36-19-10-15(4-5-18(19)26)35-22-17(3-2-6-30-22)20-21-23(33-11-31-20)34-12-32-21/h2-12H,1H3,(H,30,35)(H,36,37)(H,31,32,33,34). The van der Waals surface area contributed by atoms with Crippen molar-refractivity contribution in [2.75, 3.05) is 17.7 Å². The minimum atomic E-state index is -4.70. The van der Waals surface area contributed by atoms with E-state index in [1.54, 1.807) is 18.3 Å². The Bertz CT molecular complexity index is 1650. The van der Waals surface area contributed by atoms with Crippen LogP contribution in [-0.2, 0) is 6.18 Å². The Kier molecular flexibility index (Phi) is 6.33. The molecule has 0 aliphatic carbocycles. The summed E-state index contributed by atoms with van der Waals surface area (Å²) in [5, 5.41) is 5.38. The van der Waals surface area contributed by atoms with E-state index in [2.05, 4.69) is 35.6 Å². The number of hydrogen-bond donors (Lipinski definition) is 3. The number of aromatic amines is 1. The van der Waals surface area contributed by atoms with Crippen molar-refractivity contribution in [1.82, 2.24) is 24.9 Å². The third-order valence-electron chi connectivity index (χ3n) is 5.49. The molecular formula is C25H17F4N7O2. The van der Waals surface area contributed by atoms with E-state index in [-0.39, 0.29) is 17.0 Å². The molecule has 0 radical (unpaired) electrons. The number of imidazole rings is 1. The quantitative estimate of drug-likeness (QED) is 0.249. The monoisotopic (exact) mass is 523 g/mol. The Balaban J connectivity index is 1.44. The number of anilines is 3. The molecule has 5 rings (SSSR count). The molecule has 9 nitrogen and oxygen atoms in total. The predicted octanol–water partition coefficient (Wildman–Crippen LogP) is 5.58. The van der Waals surface area contributed by atoms with Gasteiger partial charge in [0.1, 0.15) is 34.9 Å². The molecule has 0 unspecified atom stereocenters. The molecule has 192 valence electrons. The molecule has 1 amide bonds. The Labute approximate surface area is 212 Å². The van der Waals surface area contributed by atoms with Gasteiger partial charge in [0.25, 0.3) is 5.91 Å². The number of ether oxygens (including phenoxy) is 1. The van der Waals surface area contributed by atoms with Crippen LogP contribution in [0.3, 0.4) is 0 Å². The van der Waals surface area contributed by atoms with Crippen molar-refractivity contribution in [2.45, 2.75) is 6.18 Å². The van der Waals surface area contributed by atoms with E-state index in [1.807, 2.05) is 0 Å². The van der Waals surface area contributed by atoms with E-state index in [4.69, 9.17) is 4.74 Å². The van der Waals surface area contributed by atoms with Gasteiger partial charge in [-0.2, -0.15) is 13.2 Å². The lowest BCUT2D eigenvalue weighted by Crippen LogP contribution is -2.15. The molecule has 0 saturated heterocycles. The fourth-order valence-corrected chi connectivity index (χ4v) is 3.71. The van der Waals surface area contributed by atoms with E-state index < -0.39 is 23.5 Å². The number of halogens is 4. The van der Waals surface area contributed by atoms with E-state index in [0.717, 1.165) is 18.2 Å². The maximum atomic E-state index is 14.6. The molecule has 0 atom stereocenters. The highest BCUT2D eigenvalue weighted by Crippen LogP contribution is 2.34. The molecule has 0 spiro atoms. The average molecular weight is 523 g/mol. The number of amides is 1. The lowest BCUT2D eigenvalue weighted by molar-refractivity contribution is -0.137. The molecule has 0 fully saturated rings. The second kappa shape index (κ2) is 9.76. The first kappa shape index (κ1) is 24.6. The molecule has 13 heteroatoms. The molecule has 2 aromatic carbocycles. The Hall–Kier alpha value is -5.07. The summed E-state index contributed by atoms with van der Waals surface area (Å²) < 4.78 is 59.2. The van der Waals surface area contributed by atoms with Crippen LogP contribution in [0.15, 0.2) is 67.4 Å². The van der Waals surface area contributed by atoms with Crippen molar-refractivity contribution in [3.8, 4) is 17.0 Å². The van der Waals surface area contributed by atoms with Gasteiger partial charge in [-0.25, -0.2) is 24.3 Å². The topological polar surface area (TPSA) is 118 Å². The van der Waals surface area contributed by atoms with E-state index in [1.165, 1.54) is 31.9 Å². The van der Waals surface area contributed by atoms with E-state index in [9.17, 15) is 22.4 Å². The van der Waals surface area contributed by atoms with Crippen molar-refractivity contribution in [3.63, 3.8) is 0 Å². The number of fused-ring (bicyclic) bond motifs is 1. The second-order valence-electron chi connectivity index (χ2n) is 7.94. The first-order valence-electron chi connectivity index (χ1n) is 11.0. The van der Waals surface area contributed by atoms with Crippen LogP contribution in [0.1, 0.15) is 15.9 Å². The number of methoxy groups -OCH3 is 1. The van der Waals surface area contributed by atoms with Crippen molar-refractivity contribution in [2.24, 2.45) is 0 Å². The second-order valence-corrected chi connectivity index (χ2v) is 7.94. The van der Waals surface area contributed by atoms with Gasteiger partial charge in [0.2, 0.25) is 0 Å². The van der Waals surface area contributed by atoms with Crippen LogP contribution in [0.25, 0.3) is 22.4 Å². The van der Waals surface area contributed by atoms with Gasteiger partial charge in [-0.1, -0.05) is 0 Å². The third kappa shape index (κ3) is 4.93. The normalized spacial score (nSPS) is 11.4. The molecule has 0 bridgehead atoms. The average Bonchev–Trinajstić information content (AvgIpc) is 3.39. The molecule has 0 saturated carbocycles. The highest BCUT2D eigenvalue weighted by molar-refractivity contribution is 6.05. The van der Waals surface area contributed by atoms with Crippen LogP contribution in [-0.4, -0.2) is 37.9 Å². The van der Waals surface area contributed by atoms with Gasteiger partial charge in [0.15, 0.2) is 5.65 Å². The Morgan fingerprint density at radius 2 is 1.87 bits per heavy atom. The minimum absolute atomic E-state index is 0.167. The van der Waals surface area contributed by atoms with Crippen molar-refractivity contribution >= 4 is 34.3 Å². The van der Waals surface area contributed by atoms with E-state index >= 15 is 0 Å². The Morgan fingerprint density at radius 3 is 2.66 bits per heavy atom. The Morgan fingerprint density at radius 1 is 1.03 bits per heavy atom. The van der Waals surface area contributed by atoms with Crippen molar-refractivity contribution < 1.29 is 27.1 Å². The summed E-state index contributed by atoms with van der Waals surface area (Å²) in [7, 11) is 1.18. The summed E-state index contributed by atoms with van der Waals surface area (Å²) in [4.78, 5) is 32.6. The van der Waals surface area contributed by atoms with Crippen molar-refractivity contribution in [3.05, 3.63) is 84.3 Å². The summed E-state index contributed by atoms with van der Waals surface area (Å²) in [5.74, 6) is -1.54. The van der Waals surface area contributed by atoms with Gasteiger partial charge < -0.3 is 20.4 Å². The third-order valence-corrected chi connectivity index (χ3v) is 5.49. The maximum Gasteiger partial charge on any atom is 0.416 e. The molecule has 3 N–H and O–H groups in total. The molecule has 0 aliphatic heterocycles. The maximum absolute atomic E-state index is 14.6. The molecule has 5 aromatic rings. The SMILES string of the molecule is COc1cc(C(=O)Nc2cc(Nc3ncccc3-c3ncnc4nc[nH]c34)ccc2F)cc(C(F)(F)F)c1. The van der Waals surface area contributed by atoms with Crippen LogP contribution in [0.4, 0.5) is 34.8 Å². The van der Waals surface area contributed by atoms with Gasteiger partial charge >= 0.3 is 6.18 Å². The molecule has 3 heterocycles. The highest BCUT2D eigenvalue weighted by atomic mass is 19.4. The van der Waals surface area contributed by atoms with Gasteiger partial charge in [-0.05, 0) is 48.5 Å². The van der Waals surface area contributed by atoms with E-state index in [0.29, 0.717) is 40.0 Å². The number of benzene rings is 2.